The van der Waals surface area contributed by atoms with Crippen molar-refractivity contribution in [3.05, 3.63) is 46.4 Å². The fraction of sp³-hybridized carbons (Fsp3) is 0.500. The second-order valence-corrected chi connectivity index (χ2v) is 9.04. The quantitative estimate of drug-likeness (QED) is 0.788. The normalized spacial score (nSPS) is 29.5. The molecule has 1 aliphatic heterocycles. The third-order valence-electron chi connectivity index (χ3n) is 5.85. The van der Waals surface area contributed by atoms with Gasteiger partial charge in [-0.3, -0.25) is 4.79 Å². The molecule has 4 nitrogen and oxygen atoms in total. The van der Waals surface area contributed by atoms with E-state index < -0.39 is 6.10 Å². The molecule has 5 heteroatoms. The molecule has 1 saturated heterocycles. The van der Waals surface area contributed by atoms with Crippen LogP contribution in [0.2, 0.25) is 0 Å². The molecular weight excluding hydrogens is 360 g/mol. The number of aliphatic hydroxyl groups is 2. The molecule has 4 atom stereocenters. The number of ketones is 1. The molecule has 4 unspecified atom stereocenters. The van der Waals surface area contributed by atoms with Crippen molar-refractivity contribution < 1.29 is 19.7 Å². The lowest BCUT2D eigenvalue weighted by molar-refractivity contribution is -0.148. The Bertz CT molecular complexity index is 835. The number of allylic oxidation sites excluding steroid dienone is 2. The summed E-state index contributed by atoms with van der Waals surface area (Å²) in [6.45, 7) is 1.95. The summed E-state index contributed by atoms with van der Waals surface area (Å²) in [6, 6.07) is 10.6. The zero-order valence-corrected chi connectivity index (χ0v) is 16.4. The van der Waals surface area contributed by atoms with Gasteiger partial charge in [0.05, 0.1) is 24.9 Å². The number of thiophene rings is 1. The van der Waals surface area contributed by atoms with E-state index in [1.54, 1.807) is 0 Å². The van der Waals surface area contributed by atoms with Crippen LogP contribution in [0.3, 0.4) is 0 Å². The van der Waals surface area contributed by atoms with Gasteiger partial charge in [0, 0.05) is 41.2 Å². The molecule has 144 valence electrons. The smallest absolute Gasteiger partial charge is 0.142 e. The lowest BCUT2D eigenvalue weighted by Gasteiger charge is -2.38. The molecule has 1 aliphatic carbocycles. The number of hydrogen-bond donors (Lipinski definition) is 2. The molecule has 2 N–H and O–H groups in total. The van der Waals surface area contributed by atoms with Gasteiger partial charge in [-0.05, 0) is 30.9 Å². The molecule has 0 spiro atoms. The largest absolute Gasteiger partial charge is 0.394 e. The molecule has 0 radical (unpaired) electrons. The highest BCUT2D eigenvalue weighted by Gasteiger charge is 2.39. The molecule has 2 heterocycles. The zero-order chi connectivity index (χ0) is 19.0. The van der Waals surface area contributed by atoms with E-state index in [9.17, 15) is 15.0 Å². The first-order valence-electron chi connectivity index (χ1n) is 9.65. The number of carbonyl (C=O) groups is 1. The van der Waals surface area contributed by atoms with Crippen LogP contribution in [0.4, 0.5) is 0 Å². The summed E-state index contributed by atoms with van der Waals surface area (Å²) < 4.78 is 7.24. The van der Waals surface area contributed by atoms with Crippen LogP contribution < -0.4 is 0 Å². The first-order chi connectivity index (χ1) is 13.0. The molecule has 0 saturated carbocycles. The van der Waals surface area contributed by atoms with E-state index in [-0.39, 0.29) is 30.5 Å². The van der Waals surface area contributed by atoms with Crippen LogP contribution in [0.5, 0.6) is 0 Å². The van der Waals surface area contributed by atoms with Gasteiger partial charge in [-0.2, -0.15) is 0 Å². The highest BCUT2D eigenvalue weighted by atomic mass is 32.1. The highest BCUT2D eigenvalue weighted by molar-refractivity contribution is 7.19. The van der Waals surface area contributed by atoms with Crippen molar-refractivity contribution in [3.8, 4) is 0 Å². The lowest BCUT2D eigenvalue weighted by atomic mass is 9.77. The van der Waals surface area contributed by atoms with Gasteiger partial charge in [0.1, 0.15) is 5.78 Å². The van der Waals surface area contributed by atoms with Crippen LogP contribution >= 0.6 is 11.3 Å². The first-order valence-corrected chi connectivity index (χ1v) is 10.5. The Hall–Kier alpha value is -1.53. The molecule has 1 aromatic heterocycles. The van der Waals surface area contributed by atoms with E-state index >= 15 is 0 Å². The van der Waals surface area contributed by atoms with E-state index in [0.717, 1.165) is 6.42 Å². The van der Waals surface area contributed by atoms with Gasteiger partial charge in [-0.1, -0.05) is 29.3 Å². The molecule has 0 bridgehead atoms. The molecule has 4 rings (SSSR count). The maximum absolute atomic E-state index is 12.7. The summed E-state index contributed by atoms with van der Waals surface area (Å²) in [7, 11) is 0. The summed E-state index contributed by atoms with van der Waals surface area (Å²) in [5.74, 6) is -0.0227. The van der Waals surface area contributed by atoms with Crippen molar-refractivity contribution >= 4 is 27.2 Å². The molecular formula is C22H26O4S. The number of rotatable bonds is 4. The summed E-state index contributed by atoms with van der Waals surface area (Å²) in [4.78, 5) is 14.0. The van der Waals surface area contributed by atoms with Crippen LogP contribution in [-0.2, 0) is 16.0 Å². The number of fused-ring (bicyclic) bond motifs is 1. The Kier molecular flexibility index (Phi) is 5.46. The Morgan fingerprint density at radius 1 is 1.26 bits per heavy atom. The zero-order valence-electron chi connectivity index (χ0n) is 15.6. The Morgan fingerprint density at radius 2 is 2.07 bits per heavy atom. The van der Waals surface area contributed by atoms with E-state index in [4.69, 9.17) is 4.74 Å². The highest BCUT2D eigenvalue weighted by Crippen LogP contribution is 2.37. The third kappa shape index (κ3) is 4.02. The average Bonchev–Trinajstić information content (AvgIpc) is 3.05. The molecule has 1 aromatic carbocycles. The predicted molar refractivity (Wildman–Crippen MR) is 107 cm³/mol. The predicted octanol–water partition coefficient (Wildman–Crippen LogP) is 3.64. The number of ether oxygens (including phenoxy) is 1. The molecule has 1 fully saturated rings. The fourth-order valence-corrected chi connectivity index (χ4v) is 5.48. The van der Waals surface area contributed by atoms with Crippen LogP contribution in [0, 0.1) is 5.92 Å². The van der Waals surface area contributed by atoms with Gasteiger partial charge in [-0.15, -0.1) is 11.3 Å². The van der Waals surface area contributed by atoms with Crippen molar-refractivity contribution in [2.75, 3.05) is 6.61 Å². The number of Topliss-reactive ketones (excluding diaryl/α,β-unsaturated/α-hetero) is 1. The minimum Gasteiger partial charge on any atom is -0.394 e. The van der Waals surface area contributed by atoms with Crippen molar-refractivity contribution in [3.63, 3.8) is 0 Å². The number of aliphatic hydroxyl groups excluding tert-OH is 2. The fourth-order valence-electron chi connectivity index (χ4n) is 4.37. The molecule has 2 aromatic rings. The summed E-state index contributed by atoms with van der Waals surface area (Å²) >= 11 is 1.81. The second kappa shape index (κ2) is 7.84. The van der Waals surface area contributed by atoms with Gasteiger partial charge in [0.2, 0.25) is 0 Å². The van der Waals surface area contributed by atoms with Gasteiger partial charge in [0.25, 0.3) is 0 Å². The maximum Gasteiger partial charge on any atom is 0.142 e. The van der Waals surface area contributed by atoms with Gasteiger partial charge in [0.15, 0.2) is 0 Å². The standard InChI is InChI=1S/C22H26O4S/c1-13-6-20(25)19(21-11-16(24)10-17(12-23)26-21)9-15(13)8-18-7-14-4-2-3-5-22(14)27-18/h2-5,7,16-17,19,21,23-24H,6,8-12H2,1H3. The summed E-state index contributed by atoms with van der Waals surface area (Å²) in [5.41, 5.74) is 2.49. The van der Waals surface area contributed by atoms with E-state index in [2.05, 4.69) is 37.3 Å². The Balaban J connectivity index is 1.53. The van der Waals surface area contributed by atoms with Crippen molar-refractivity contribution in [1.29, 1.82) is 0 Å². The minimum absolute atomic E-state index is 0.113. The SMILES string of the molecule is CC1=C(Cc2cc3ccccc3s2)CC(C2CC(O)CC(CO)O2)C(=O)C1. The average molecular weight is 387 g/mol. The van der Waals surface area contributed by atoms with Crippen LogP contribution in [0.25, 0.3) is 10.1 Å². The topological polar surface area (TPSA) is 66.8 Å². The van der Waals surface area contributed by atoms with Crippen molar-refractivity contribution in [2.45, 2.75) is 57.3 Å². The van der Waals surface area contributed by atoms with Crippen molar-refractivity contribution in [1.82, 2.24) is 0 Å². The van der Waals surface area contributed by atoms with E-state index in [0.29, 0.717) is 25.7 Å². The maximum atomic E-state index is 12.7. The second-order valence-electron chi connectivity index (χ2n) is 7.87. The Morgan fingerprint density at radius 3 is 2.85 bits per heavy atom. The minimum atomic E-state index is -0.508. The Labute approximate surface area is 163 Å². The number of benzene rings is 1. The van der Waals surface area contributed by atoms with E-state index in [1.807, 2.05) is 11.3 Å². The molecule has 0 amide bonds. The van der Waals surface area contributed by atoms with Gasteiger partial charge < -0.3 is 14.9 Å². The number of hydrogen-bond acceptors (Lipinski definition) is 5. The third-order valence-corrected chi connectivity index (χ3v) is 6.96. The van der Waals surface area contributed by atoms with Gasteiger partial charge in [-0.25, -0.2) is 0 Å². The van der Waals surface area contributed by atoms with Crippen LogP contribution in [0.1, 0.15) is 37.5 Å². The monoisotopic (exact) mass is 386 g/mol. The molecule has 2 aliphatic rings. The summed E-state index contributed by atoms with van der Waals surface area (Å²) in [5, 5.41) is 20.8. The van der Waals surface area contributed by atoms with Crippen LogP contribution in [-0.4, -0.2) is 40.9 Å². The van der Waals surface area contributed by atoms with Crippen molar-refractivity contribution in [2.24, 2.45) is 5.92 Å². The number of carbonyl (C=O) groups excluding carboxylic acids is 1. The van der Waals surface area contributed by atoms with E-state index in [1.165, 1.54) is 26.1 Å². The summed E-state index contributed by atoms with van der Waals surface area (Å²) in [6.07, 6.45) is 1.76. The lowest BCUT2D eigenvalue weighted by Crippen LogP contribution is -2.44. The first kappa shape index (κ1) is 18.8. The van der Waals surface area contributed by atoms with Gasteiger partial charge >= 0.3 is 0 Å². The van der Waals surface area contributed by atoms with Crippen LogP contribution in [0.15, 0.2) is 41.5 Å². The molecule has 27 heavy (non-hydrogen) atoms.